The Hall–Kier alpha value is -0.790. The zero-order valence-electron chi connectivity index (χ0n) is 16.7. The molecule has 0 heterocycles. The van der Waals surface area contributed by atoms with E-state index in [1.807, 2.05) is 27.0 Å². The fraction of sp³-hybridized carbons (Fsp3) is 0.950. The first kappa shape index (κ1) is 23.2. The highest BCUT2D eigenvalue weighted by molar-refractivity contribution is 4.94. The van der Waals surface area contributed by atoms with Crippen LogP contribution in [0.25, 0.3) is 0 Å². The molecule has 0 aromatic carbocycles. The molecule has 24 heavy (non-hydrogen) atoms. The van der Waals surface area contributed by atoms with Crippen molar-refractivity contribution in [3.63, 3.8) is 0 Å². The fourth-order valence-corrected chi connectivity index (χ4v) is 3.28. The Labute approximate surface area is 149 Å². The number of unbranched alkanes of at least 4 members (excludes halogenated alkanes) is 7. The van der Waals surface area contributed by atoms with Gasteiger partial charge < -0.3 is 14.2 Å². The molecule has 0 aromatic rings. The largest absolute Gasteiger partial charge is 0.389 e. The van der Waals surface area contributed by atoms with Gasteiger partial charge >= 0.3 is 0 Å². The zero-order valence-corrected chi connectivity index (χ0v) is 16.7. The number of nitrogens with zero attached hydrogens (tertiary/aromatic N) is 1. The molecule has 0 amide bonds. The molecule has 0 saturated heterocycles. The average molecular weight is 342 g/mol. The van der Waals surface area contributed by atoms with Crippen molar-refractivity contribution < 1.29 is 14.2 Å². The van der Waals surface area contributed by atoms with Gasteiger partial charge in [0.2, 0.25) is 0 Å². The fourth-order valence-electron chi connectivity index (χ4n) is 3.28. The third-order valence-corrected chi connectivity index (χ3v) is 4.89. The lowest BCUT2D eigenvalue weighted by atomic mass is 9.87. The summed E-state index contributed by atoms with van der Waals surface area (Å²) in [5, 5.41) is 9.17. The van der Waals surface area contributed by atoms with E-state index in [2.05, 4.69) is 13.8 Å². The predicted molar refractivity (Wildman–Crippen MR) is 98.6 cm³/mol. The van der Waals surface area contributed by atoms with Gasteiger partial charge in [0.05, 0.1) is 0 Å². The first-order valence-electron chi connectivity index (χ1n) is 9.90. The summed E-state index contributed by atoms with van der Waals surface area (Å²) in [6, 6.07) is 0. The van der Waals surface area contributed by atoms with E-state index in [1.54, 1.807) is 0 Å². The van der Waals surface area contributed by atoms with Crippen molar-refractivity contribution in [2.75, 3.05) is 13.2 Å². The molecule has 2 atom stereocenters. The summed E-state index contributed by atoms with van der Waals surface area (Å²) in [7, 11) is 0. The van der Waals surface area contributed by atoms with E-state index < -0.39 is 11.4 Å². The molecule has 0 radical (unpaired) electrons. The van der Waals surface area contributed by atoms with Crippen LogP contribution in [0, 0.1) is 11.5 Å². The van der Waals surface area contributed by atoms with Crippen LogP contribution in [0.3, 0.4) is 0 Å². The lowest BCUT2D eigenvalue weighted by molar-refractivity contribution is -0.307. The number of rotatable bonds is 16. The Bertz CT molecular complexity index is 342. The monoisotopic (exact) mass is 341 g/mol. The van der Waals surface area contributed by atoms with E-state index >= 15 is 0 Å². The van der Waals surface area contributed by atoms with Crippen molar-refractivity contribution in [2.24, 2.45) is 0 Å². The van der Waals surface area contributed by atoms with E-state index in [-0.39, 0.29) is 0 Å². The minimum atomic E-state index is -0.983. The summed E-state index contributed by atoms with van der Waals surface area (Å²) in [5.74, 6) is -0.983. The van der Waals surface area contributed by atoms with E-state index in [9.17, 15) is 5.26 Å². The summed E-state index contributed by atoms with van der Waals surface area (Å²) < 4.78 is 17.4. The van der Waals surface area contributed by atoms with Crippen LogP contribution in [0.15, 0.2) is 0 Å². The van der Waals surface area contributed by atoms with Crippen LogP contribution in [-0.2, 0) is 14.2 Å². The first-order chi connectivity index (χ1) is 11.6. The standard InChI is InChI=1S/C20H39NO3/c1-6-10-11-12-13-14-15-16-17-20(23-9-4,24-18-21)19(5,7-2)22-8-3/h6-17H2,1-5H3. The smallest absolute Gasteiger partial charge is 0.289 e. The van der Waals surface area contributed by atoms with Gasteiger partial charge in [0, 0.05) is 19.6 Å². The van der Waals surface area contributed by atoms with E-state index in [0.29, 0.717) is 19.6 Å². The number of nitriles is 1. The minimum Gasteiger partial charge on any atom is -0.389 e. The Balaban J connectivity index is 4.64. The third kappa shape index (κ3) is 7.40. The van der Waals surface area contributed by atoms with Gasteiger partial charge in [-0.05, 0) is 33.6 Å². The Kier molecular flexibility index (Phi) is 13.1. The normalized spacial score (nSPS) is 16.2. The van der Waals surface area contributed by atoms with Gasteiger partial charge in [-0.1, -0.05) is 58.8 Å². The second-order valence-electron chi connectivity index (χ2n) is 6.62. The van der Waals surface area contributed by atoms with Gasteiger partial charge in [-0.3, -0.25) is 0 Å². The maximum atomic E-state index is 9.17. The van der Waals surface area contributed by atoms with Crippen LogP contribution < -0.4 is 0 Å². The van der Waals surface area contributed by atoms with Gasteiger partial charge in [-0.25, -0.2) is 0 Å². The van der Waals surface area contributed by atoms with Crippen molar-refractivity contribution in [1.29, 1.82) is 5.26 Å². The third-order valence-electron chi connectivity index (χ3n) is 4.89. The maximum Gasteiger partial charge on any atom is 0.289 e. The molecule has 0 fully saturated rings. The highest BCUT2D eigenvalue weighted by atomic mass is 16.7. The first-order valence-corrected chi connectivity index (χ1v) is 9.90. The van der Waals surface area contributed by atoms with Crippen LogP contribution in [0.2, 0.25) is 0 Å². The molecule has 0 aromatic heterocycles. The van der Waals surface area contributed by atoms with Crippen molar-refractivity contribution >= 4 is 0 Å². The summed E-state index contributed by atoms with van der Waals surface area (Å²) in [6.07, 6.45) is 13.2. The number of hydrogen-bond donors (Lipinski definition) is 0. The quantitative estimate of drug-likeness (QED) is 0.198. The zero-order chi connectivity index (χ0) is 18.3. The summed E-state index contributed by atoms with van der Waals surface area (Å²) in [5.41, 5.74) is -0.616. The molecule has 0 saturated carbocycles. The van der Waals surface area contributed by atoms with Crippen LogP contribution in [-0.4, -0.2) is 24.6 Å². The summed E-state index contributed by atoms with van der Waals surface area (Å²) in [6.45, 7) is 11.3. The molecule has 0 aliphatic heterocycles. The van der Waals surface area contributed by atoms with Crippen molar-refractivity contribution in [3.8, 4) is 6.26 Å². The van der Waals surface area contributed by atoms with E-state index in [0.717, 1.165) is 19.3 Å². The molecule has 0 bridgehead atoms. The Morgan fingerprint density at radius 2 is 1.33 bits per heavy atom. The van der Waals surface area contributed by atoms with Crippen LogP contribution in [0.1, 0.15) is 98.8 Å². The highest BCUT2D eigenvalue weighted by Crippen LogP contribution is 2.38. The molecule has 142 valence electrons. The highest BCUT2D eigenvalue weighted by Gasteiger charge is 2.51. The lowest BCUT2D eigenvalue weighted by Crippen LogP contribution is -2.56. The van der Waals surface area contributed by atoms with Gasteiger partial charge in [0.15, 0.2) is 0 Å². The van der Waals surface area contributed by atoms with Gasteiger partial charge in [0.25, 0.3) is 12.0 Å². The van der Waals surface area contributed by atoms with E-state index in [4.69, 9.17) is 14.2 Å². The molecule has 0 spiro atoms. The van der Waals surface area contributed by atoms with Crippen molar-refractivity contribution in [2.45, 2.75) is 110 Å². The second kappa shape index (κ2) is 13.5. The molecular weight excluding hydrogens is 302 g/mol. The lowest BCUT2D eigenvalue weighted by Gasteiger charge is -2.44. The molecule has 2 unspecified atom stereocenters. The summed E-state index contributed by atoms with van der Waals surface area (Å²) >= 11 is 0. The predicted octanol–water partition coefficient (Wildman–Crippen LogP) is 5.95. The molecule has 0 aliphatic carbocycles. The van der Waals surface area contributed by atoms with Crippen molar-refractivity contribution in [1.82, 2.24) is 0 Å². The topological polar surface area (TPSA) is 51.5 Å². The minimum absolute atomic E-state index is 0.501. The Morgan fingerprint density at radius 3 is 1.79 bits per heavy atom. The maximum absolute atomic E-state index is 9.17. The van der Waals surface area contributed by atoms with Crippen LogP contribution in [0.4, 0.5) is 0 Å². The van der Waals surface area contributed by atoms with Gasteiger partial charge in [0.1, 0.15) is 5.60 Å². The van der Waals surface area contributed by atoms with Gasteiger partial charge in [-0.2, -0.15) is 5.26 Å². The molecule has 0 N–H and O–H groups in total. The van der Waals surface area contributed by atoms with Crippen LogP contribution in [0.5, 0.6) is 0 Å². The van der Waals surface area contributed by atoms with Gasteiger partial charge in [-0.15, -0.1) is 0 Å². The van der Waals surface area contributed by atoms with Crippen LogP contribution >= 0.6 is 0 Å². The average Bonchev–Trinajstić information content (AvgIpc) is 2.57. The molecular formula is C20H39NO3. The Morgan fingerprint density at radius 1 is 0.792 bits per heavy atom. The molecule has 4 nitrogen and oxygen atoms in total. The molecule has 0 aliphatic rings. The SMILES string of the molecule is CCCCCCCCCCC(OC#N)(OCC)C(C)(CC)OCC. The van der Waals surface area contributed by atoms with E-state index in [1.165, 1.54) is 38.5 Å². The molecule has 4 heteroatoms. The molecule has 0 rings (SSSR count). The number of ether oxygens (including phenoxy) is 3. The van der Waals surface area contributed by atoms with Crippen molar-refractivity contribution in [3.05, 3.63) is 0 Å². The number of hydrogen-bond acceptors (Lipinski definition) is 4. The second-order valence-corrected chi connectivity index (χ2v) is 6.62. The summed E-state index contributed by atoms with van der Waals surface area (Å²) in [4.78, 5) is 0.